The first-order valence-corrected chi connectivity index (χ1v) is 7.54. The lowest BCUT2D eigenvalue weighted by molar-refractivity contribution is 0.102. The molecule has 1 amide bonds. The zero-order valence-corrected chi connectivity index (χ0v) is 13.5. The minimum absolute atomic E-state index is 0.214. The molecular weight excluding hydrogens is 307 g/mol. The van der Waals surface area contributed by atoms with Crippen LogP contribution < -0.4 is 5.32 Å². The van der Waals surface area contributed by atoms with Crippen molar-refractivity contribution in [2.24, 2.45) is 0 Å². The van der Waals surface area contributed by atoms with Gasteiger partial charge in [0.1, 0.15) is 5.82 Å². The molecule has 3 rings (SSSR count). The molecule has 2 heterocycles. The van der Waals surface area contributed by atoms with Crippen molar-refractivity contribution in [1.82, 2.24) is 14.8 Å². The third kappa shape index (κ3) is 3.32. The van der Waals surface area contributed by atoms with Crippen LogP contribution in [0, 0.1) is 19.7 Å². The number of benzene rings is 1. The van der Waals surface area contributed by atoms with Crippen LogP contribution in [0.4, 0.5) is 10.1 Å². The van der Waals surface area contributed by atoms with Gasteiger partial charge in [-0.3, -0.25) is 14.5 Å². The van der Waals surface area contributed by atoms with Gasteiger partial charge in [-0.2, -0.15) is 5.10 Å². The molecule has 0 atom stereocenters. The normalized spacial score (nSPS) is 10.6. The summed E-state index contributed by atoms with van der Waals surface area (Å²) >= 11 is 0. The van der Waals surface area contributed by atoms with Crippen molar-refractivity contribution in [3.8, 4) is 0 Å². The first kappa shape index (κ1) is 15.9. The van der Waals surface area contributed by atoms with Gasteiger partial charge in [0.25, 0.3) is 5.91 Å². The fourth-order valence-corrected chi connectivity index (χ4v) is 2.53. The molecule has 0 radical (unpaired) electrons. The molecule has 0 saturated carbocycles. The van der Waals surface area contributed by atoms with E-state index in [4.69, 9.17) is 0 Å². The number of amides is 1. The lowest BCUT2D eigenvalue weighted by atomic mass is 10.2. The number of nitrogens with one attached hydrogen (secondary N) is 1. The van der Waals surface area contributed by atoms with Gasteiger partial charge in [-0.1, -0.05) is 12.1 Å². The maximum absolute atomic E-state index is 13.3. The number of hydrogen-bond acceptors (Lipinski definition) is 3. The maximum Gasteiger partial charge on any atom is 0.255 e. The van der Waals surface area contributed by atoms with E-state index in [1.165, 1.54) is 12.1 Å². The number of nitrogens with zero attached hydrogens (tertiary/aromatic N) is 3. The highest BCUT2D eigenvalue weighted by atomic mass is 19.1. The number of hydrogen-bond donors (Lipinski definition) is 1. The van der Waals surface area contributed by atoms with Crippen molar-refractivity contribution in [2.45, 2.75) is 20.4 Å². The monoisotopic (exact) mass is 324 g/mol. The molecule has 2 aromatic heterocycles. The standard InChI is InChI=1S/C18H17FN4O/c1-12-17(21-18(24)15-6-8-20-9-7-15)13(2)23(22-12)11-14-4-3-5-16(19)10-14/h3-10H,11H2,1-2H3,(H,21,24). The lowest BCUT2D eigenvalue weighted by Gasteiger charge is -2.07. The van der Waals surface area contributed by atoms with Gasteiger partial charge >= 0.3 is 0 Å². The molecule has 122 valence electrons. The van der Waals surface area contributed by atoms with Crippen LogP contribution in [-0.2, 0) is 6.54 Å². The number of halogens is 1. The second kappa shape index (κ2) is 6.62. The molecule has 0 bridgehead atoms. The number of rotatable bonds is 4. The van der Waals surface area contributed by atoms with Gasteiger partial charge in [-0.15, -0.1) is 0 Å². The number of carbonyl (C=O) groups excluding carboxylic acids is 1. The molecule has 1 aromatic carbocycles. The molecule has 1 N–H and O–H groups in total. The third-order valence-corrected chi connectivity index (χ3v) is 3.78. The quantitative estimate of drug-likeness (QED) is 0.801. The topological polar surface area (TPSA) is 59.8 Å². The Balaban J connectivity index is 1.83. The van der Waals surface area contributed by atoms with E-state index in [-0.39, 0.29) is 11.7 Å². The zero-order valence-electron chi connectivity index (χ0n) is 13.5. The van der Waals surface area contributed by atoms with Crippen LogP contribution in [0.15, 0.2) is 48.8 Å². The summed E-state index contributed by atoms with van der Waals surface area (Å²) in [5.74, 6) is -0.492. The highest BCUT2D eigenvalue weighted by Gasteiger charge is 2.15. The molecule has 0 aliphatic carbocycles. The van der Waals surface area contributed by atoms with Crippen molar-refractivity contribution in [1.29, 1.82) is 0 Å². The molecule has 0 saturated heterocycles. The van der Waals surface area contributed by atoms with Gasteiger partial charge < -0.3 is 5.32 Å². The summed E-state index contributed by atoms with van der Waals surface area (Å²) in [6.07, 6.45) is 3.14. The average Bonchev–Trinajstić information content (AvgIpc) is 2.83. The number of aryl methyl sites for hydroxylation is 1. The van der Waals surface area contributed by atoms with Crippen LogP contribution in [-0.4, -0.2) is 20.7 Å². The Hall–Kier alpha value is -3.02. The highest BCUT2D eigenvalue weighted by molar-refractivity contribution is 6.04. The Morgan fingerprint density at radius 1 is 1.21 bits per heavy atom. The van der Waals surface area contributed by atoms with Crippen LogP contribution >= 0.6 is 0 Å². The molecule has 0 aliphatic rings. The predicted octanol–water partition coefficient (Wildman–Crippen LogP) is 3.33. The Labute approximate surface area is 139 Å². The number of carbonyl (C=O) groups is 1. The van der Waals surface area contributed by atoms with Crippen molar-refractivity contribution < 1.29 is 9.18 Å². The smallest absolute Gasteiger partial charge is 0.255 e. The average molecular weight is 324 g/mol. The van der Waals surface area contributed by atoms with Gasteiger partial charge in [0.2, 0.25) is 0 Å². The second-order valence-electron chi connectivity index (χ2n) is 5.52. The fourth-order valence-electron chi connectivity index (χ4n) is 2.53. The number of aromatic nitrogens is 3. The predicted molar refractivity (Wildman–Crippen MR) is 89.4 cm³/mol. The largest absolute Gasteiger partial charge is 0.319 e. The molecule has 3 aromatic rings. The van der Waals surface area contributed by atoms with Gasteiger partial charge in [0.15, 0.2) is 0 Å². The zero-order chi connectivity index (χ0) is 17.1. The summed E-state index contributed by atoms with van der Waals surface area (Å²) in [6, 6.07) is 9.70. The van der Waals surface area contributed by atoms with Crippen LogP contribution in [0.3, 0.4) is 0 Å². The van der Waals surface area contributed by atoms with Crippen LogP contribution in [0.25, 0.3) is 0 Å². The van der Waals surface area contributed by atoms with Gasteiger partial charge in [-0.05, 0) is 43.7 Å². The van der Waals surface area contributed by atoms with Crippen molar-refractivity contribution in [3.05, 3.63) is 77.1 Å². The SMILES string of the molecule is Cc1nn(Cc2cccc(F)c2)c(C)c1NC(=O)c1ccncc1. The molecule has 24 heavy (non-hydrogen) atoms. The van der Waals surface area contributed by atoms with Crippen molar-refractivity contribution >= 4 is 11.6 Å². The summed E-state index contributed by atoms with van der Waals surface area (Å²) in [6.45, 7) is 4.15. The Kier molecular flexibility index (Phi) is 4.37. The highest BCUT2D eigenvalue weighted by Crippen LogP contribution is 2.21. The Morgan fingerprint density at radius 2 is 1.96 bits per heavy atom. The minimum atomic E-state index is -0.278. The summed E-state index contributed by atoms with van der Waals surface area (Å²) in [4.78, 5) is 16.2. The molecular formula is C18H17FN4O. The number of pyridine rings is 1. The molecule has 0 aliphatic heterocycles. The van der Waals surface area contributed by atoms with E-state index in [2.05, 4.69) is 15.4 Å². The van der Waals surface area contributed by atoms with E-state index < -0.39 is 0 Å². The second-order valence-corrected chi connectivity index (χ2v) is 5.52. The van der Waals surface area contributed by atoms with Gasteiger partial charge in [0, 0.05) is 18.0 Å². The third-order valence-electron chi connectivity index (χ3n) is 3.78. The van der Waals surface area contributed by atoms with E-state index in [0.717, 1.165) is 11.3 Å². The summed E-state index contributed by atoms with van der Waals surface area (Å²) in [7, 11) is 0. The van der Waals surface area contributed by atoms with E-state index in [9.17, 15) is 9.18 Å². The maximum atomic E-state index is 13.3. The van der Waals surface area contributed by atoms with Crippen LogP contribution in [0.1, 0.15) is 27.3 Å². The van der Waals surface area contributed by atoms with E-state index in [1.54, 1.807) is 35.3 Å². The van der Waals surface area contributed by atoms with Gasteiger partial charge in [-0.25, -0.2) is 4.39 Å². The van der Waals surface area contributed by atoms with Crippen LogP contribution in [0.5, 0.6) is 0 Å². The number of anilines is 1. The molecule has 0 unspecified atom stereocenters. The van der Waals surface area contributed by atoms with E-state index in [1.807, 2.05) is 19.9 Å². The van der Waals surface area contributed by atoms with Crippen molar-refractivity contribution in [3.63, 3.8) is 0 Å². The van der Waals surface area contributed by atoms with Crippen molar-refractivity contribution in [2.75, 3.05) is 5.32 Å². The summed E-state index contributed by atoms with van der Waals surface area (Å²) in [5, 5.41) is 7.34. The molecule has 0 spiro atoms. The molecule has 5 nitrogen and oxygen atoms in total. The molecule has 6 heteroatoms. The summed E-state index contributed by atoms with van der Waals surface area (Å²) in [5.41, 5.74) is 3.55. The summed E-state index contributed by atoms with van der Waals surface area (Å²) < 4.78 is 15.1. The first-order chi connectivity index (χ1) is 11.5. The fraction of sp³-hybridized carbons (Fsp3) is 0.167. The van der Waals surface area contributed by atoms with E-state index in [0.29, 0.717) is 23.5 Å². The lowest BCUT2D eigenvalue weighted by Crippen LogP contribution is -2.13. The Morgan fingerprint density at radius 3 is 2.67 bits per heavy atom. The minimum Gasteiger partial charge on any atom is -0.319 e. The van der Waals surface area contributed by atoms with Crippen LogP contribution in [0.2, 0.25) is 0 Å². The van der Waals surface area contributed by atoms with E-state index >= 15 is 0 Å². The Bertz CT molecular complexity index is 874. The molecule has 0 fully saturated rings. The van der Waals surface area contributed by atoms with Gasteiger partial charge in [0.05, 0.1) is 23.6 Å². The first-order valence-electron chi connectivity index (χ1n) is 7.54.